The van der Waals surface area contributed by atoms with Gasteiger partial charge in [0, 0.05) is 36.6 Å². The molecule has 2 heteroatoms. The molecule has 0 saturated carbocycles. The summed E-state index contributed by atoms with van der Waals surface area (Å²) in [7, 11) is 2.08. The van der Waals surface area contributed by atoms with E-state index in [9.17, 15) is 0 Å². The Balaban J connectivity index is 2.82. The third-order valence-electron chi connectivity index (χ3n) is 2.58. The van der Waals surface area contributed by atoms with E-state index >= 15 is 0 Å². The Morgan fingerprint density at radius 2 is 1.93 bits per heavy atom. The lowest BCUT2D eigenvalue weighted by atomic mass is 9.87. The molecule has 0 radical (unpaired) electrons. The summed E-state index contributed by atoms with van der Waals surface area (Å²) in [5.41, 5.74) is 2.76. The molecule has 14 heavy (non-hydrogen) atoms. The zero-order chi connectivity index (χ0) is 10.3. The van der Waals surface area contributed by atoms with Crippen molar-refractivity contribution in [2.75, 3.05) is 0 Å². The molecule has 0 aliphatic rings. The minimum Gasteiger partial charge on any atom is -0.350 e. The number of pyridine rings is 1. The van der Waals surface area contributed by atoms with Crippen molar-refractivity contribution in [3.63, 3.8) is 0 Å². The van der Waals surface area contributed by atoms with Crippen LogP contribution in [0.4, 0.5) is 0 Å². The van der Waals surface area contributed by atoms with E-state index < -0.39 is 0 Å². The van der Waals surface area contributed by atoms with Crippen LogP contribution in [0.2, 0.25) is 0 Å². The maximum atomic E-state index is 4.28. The van der Waals surface area contributed by atoms with Crippen LogP contribution in [0.25, 0.3) is 10.9 Å². The second-order valence-electron chi connectivity index (χ2n) is 4.80. The van der Waals surface area contributed by atoms with E-state index in [2.05, 4.69) is 49.6 Å². The molecule has 0 unspecified atom stereocenters. The highest BCUT2D eigenvalue weighted by atomic mass is 14.9. The maximum absolute atomic E-state index is 4.28. The van der Waals surface area contributed by atoms with E-state index in [4.69, 9.17) is 0 Å². The van der Waals surface area contributed by atoms with Gasteiger partial charge >= 0.3 is 0 Å². The maximum Gasteiger partial charge on any atom is 0.0546 e. The Bertz CT molecular complexity index is 461. The van der Waals surface area contributed by atoms with E-state index in [1.807, 2.05) is 12.4 Å². The van der Waals surface area contributed by atoms with Gasteiger partial charge in [-0.05, 0) is 11.5 Å². The van der Waals surface area contributed by atoms with Gasteiger partial charge in [-0.15, -0.1) is 0 Å². The molecule has 0 bridgehead atoms. The van der Waals surface area contributed by atoms with Gasteiger partial charge in [-0.25, -0.2) is 0 Å². The Kier molecular flexibility index (Phi) is 1.88. The number of hydrogen-bond donors (Lipinski definition) is 0. The van der Waals surface area contributed by atoms with Gasteiger partial charge in [0.2, 0.25) is 0 Å². The number of rotatable bonds is 0. The molecular weight excluding hydrogens is 172 g/mol. The van der Waals surface area contributed by atoms with E-state index in [0.29, 0.717) is 0 Å². The fourth-order valence-corrected chi connectivity index (χ4v) is 1.80. The fraction of sp³-hybridized carbons (Fsp3) is 0.417. The molecule has 0 spiro atoms. The fourth-order valence-electron chi connectivity index (χ4n) is 1.80. The van der Waals surface area contributed by atoms with Crippen molar-refractivity contribution in [1.29, 1.82) is 0 Å². The highest BCUT2D eigenvalue weighted by molar-refractivity contribution is 5.83. The predicted octanol–water partition coefficient (Wildman–Crippen LogP) is 2.87. The summed E-state index contributed by atoms with van der Waals surface area (Å²) in [4.78, 5) is 4.28. The number of aromatic nitrogens is 2. The van der Waals surface area contributed by atoms with E-state index in [1.54, 1.807) is 0 Å². The van der Waals surface area contributed by atoms with E-state index in [1.165, 1.54) is 16.5 Å². The minimum absolute atomic E-state index is 0.151. The van der Waals surface area contributed by atoms with Crippen LogP contribution in [-0.4, -0.2) is 9.55 Å². The summed E-state index contributed by atoms with van der Waals surface area (Å²) in [5, 5.41) is 1.22. The van der Waals surface area contributed by atoms with Crippen molar-refractivity contribution in [3.8, 4) is 0 Å². The predicted molar refractivity (Wildman–Crippen MR) is 59.4 cm³/mol. The van der Waals surface area contributed by atoms with Gasteiger partial charge in [-0.3, -0.25) is 4.98 Å². The molecule has 0 aromatic carbocycles. The van der Waals surface area contributed by atoms with E-state index in [0.717, 1.165) is 0 Å². The number of aryl methyl sites for hydroxylation is 1. The highest BCUT2D eigenvalue weighted by Crippen LogP contribution is 2.28. The first-order valence-electron chi connectivity index (χ1n) is 4.89. The van der Waals surface area contributed by atoms with Gasteiger partial charge in [-0.1, -0.05) is 20.8 Å². The van der Waals surface area contributed by atoms with Crippen LogP contribution in [0.15, 0.2) is 24.7 Å². The average molecular weight is 188 g/mol. The Hall–Kier alpha value is -1.31. The van der Waals surface area contributed by atoms with Gasteiger partial charge in [0.25, 0.3) is 0 Å². The first kappa shape index (κ1) is 9.25. The van der Waals surface area contributed by atoms with Crippen LogP contribution in [-0.2, 0) is 12.5 Å². The summed E-state index contributed by atoms with van der Waals surface area (Å²) >= 11 is 0. The summed E-state index contributed by atoms with van der Waals surface area (Å²) in [6, 6.07) is 2.11. The van der Waals surface area contributed by atoms with Crippen LogP contribution >= 0.6 is 0 Å². The van der Waals surface area contributed by atoms with Gasteiger partial charge in [0.15, 0.2) is 0 Å². The number of nitrogens with zero attached hydrogens (tertiary/aromatic N) is 2. The number of fused-ring (bicyclic) bond motifs is 1. The van der Waals surface area contributed by atoms with Crippen molar-refractivity contribution >= 4 is 10.9 Å². The molecule has 74 valence electrons. The molecule has 0 amide bonds. The molecule has 0 N–H and O–H groups in total. The lowest BCUT2D eigenvalue weighted by Gasteiger charge is -2.20. The molecule has 0 aliphatic heterocycles. The van der Waals surface area contributed by atoms with Crippen LogP contribution < -0.4 is 0 Å². The molecule has 2 nitrogen and oxygen atoms in total. The minimum atomic E-state index is 0.151. The zero-order valence-corrected chi connectivity index (χ0v) is 9.20. The second kappa shape index (κ2) is 2.84. The second-order valence-corrected chi connectivity index (χ2v) is 4.80. The average Bonchev–Trinajstić information content (AvgIpc) is 2.46. The molecular formula is C12H16N2. The number of hydrogen-bond acceptors (Lipinski definition) is 1. The Labute approximate surface area is 84.6 Å². The monoisotopic (exact) mass is 188 g/mol. The molecule has 0 aliphatic carbocycles. The lowest BCUT2D eigenvalue weighted by molar-refractivity contribution is 0.590. The summed E-state index contributed by atoms with van der Waals surface area (Å²) in [6.07, 6.45) is 5.98. The summed E-state index contributed by atoms with van der Waals surface area (Å²) in [5.74, 6) is 0. The smallest absolute Gasteiger partial charge is 0.0546 e. The van der Waals surface area contributed by atoms with Crippen molar-refractivity contribution in [3.05, 3.63) is 30.2 Å². The SMILES string of the molecule is Cn1ccc2cncc(C(C)(C)C)c21. The third-order valence-corrected chi connectivity index (χ3v) is 2.58. The van der Waals surface area contributed by atoms with E-state index in [-0.39, 0.29) is 5.41 Å². The molecule has 2 rings (SSSR count). The first-order chi connectivity index (χ1) is 6.50. The van der Waals surface area contributed by atoms with Gasteiger partial charge in [0.1, 0.15) is 0 Å². The normalized spacial score (nSPS) is 12.3. The van der Waals surface area contributed by atoms with Crippen molar-refractivity contribution in [1.82, 2.24) is 9.55 Å². The third kappa shape index (κ3) is 1.31. The molecule has 2 aromatic heterocycles. The standard InChI is InChI=1S/C12H16N2/c1-12(2,3)10-8-13-7-9-5-6-14(4)11(9)10/h5-8H,1-4H3. The lowest BCUT2D eigenvalue weighted by Crippen LogP contribution is -2.13. The van der Waals surface area contributed by atoms with Gasteiger partial charge < -0.3 is 4.57 Å². The highest BCUT2D eigenvalue weighted by Gasteiger charge is 2.18. The van der Waals surface area contributed by atoms with Crippen molar-refractivity contribution in [2.45, 2.75) is 26.2 Å². The van der Waals surface area contributed by atoms with Gasteiger partial charge in [-0.2, -0.15) is 0 Å². The molecule has 2 heterocycles. The van der Waals surface area contributed by atoms with Crippen LogP contribution in [0.5, 0.6) is 0 Å². The van der Waals surface area contributed by atoms with Crippen LogP contribution in [0.1, 0.15) is 26.3 Å². The van der Waals surface area contributed by atoms with Crippen LogP contribution in [0.3, 0.4) is 0 Å². The summed E-state index contributed by atoms with van der Waals surface area (Å²) < 4.78 is 2.16. The topological polar surface area (TPSA) is 17.8 Å². The molecule has 0 saturated heterocycles. The van der Waals surface area contributed by atoms with Gasteiger partial charge in [0.05, 0.1) is 5.52 Å². The van der Waals surface area contributed by atoms with Crippen molar-refractivity contribution in [2.24, 2.45) is 7.05 Å². The largest absolute Gasteiger partial charge is 0.350 e. The summed E-state index contributed by atoms with van der Waals surface area (Å²) in [6.45, 7) is 6.66. The van der Waals surface area contributed by atoms with Crippen LogP contribution in [0, 0.1) is 0 Å². The molecule has 0 fully saturated rings. The first-order valence-corrected chi connectivity index (χ1v) is 4.89. The Morgan fingerprint density at radius 1 is 1.21 bits per heavy atom. The quantitative estimate of drug-likeness (QED) is 0.621. The Morgan fingerprint density at radius 3 is 2.57 bits per heavy atom. The zero-order valence-electron chi connectivity index (χ0n) is 9.20. The molecule has 0 atom stereocenters. The van der Waals surface area contributed by atoms with Crippen molar-refractivity contribution < 1.29 is 0 Å². The molecule has 2 aromatic rings.